The van der Waals surface area contributed by atoms with Crippen molar-refractivity contribution in [3.05, 3.63) is 95.3 Å². The van der Waals surface area contributed by atoms with Gasteiger partial charge in [0.15, 0.2) is 0 Å². The van der Waals surface area contributed by atoms with Crippen LogP contribution in [0, 0.1) is 20.8 Å². The lowest BCUT2D eigenvalue weighted by Gasteiger charge is -2.12. The van der Waals surface area contributed by atoms with Crippen molar-refractivity contribution in [1.82, 2.24) is 29.4 Å². The number of pyridine rings is 2. The average Bonchev–Trinajstić information content (AvgIpc) is 3.46. The summed E-state index contributed by atoms with van der Waals surface area (Å²) in [4.78, 5) is 34.1. The van der Waals surface area contributed by atoms with Crippen molar-refractivity contribution in [2.75, 3.05) is 10.6 Å². The summed E-state index contributed by atoms with van der Waals surface area (Å²) in [6.45, 7) is 6.48. The van der Waals surface area contributed by atoms with Crippen LogP contribution in [0.5, 0.6) is 0 Å². The van der Waals surface area contributed by atoms with Gasteiger partial charge in [0.1, 0.15) is 11.3 Å². The highest BCUT2D eigenvalue weighted by Gasteiger charge is 2.10. The van der Waals surface area contributed by atoms with Crippen LogP contribution in [-0.4, -0.2) is 30.8 Å². The molecule has 5 rings (SSSR count). The molecule has 188 valence electrons. The van der Waals surface area contributed by atoms with Crippen LogP contribution in [0.4, 0.5) is 21.0 Å². The van der Waals surface area contributed by atoms with Gasteiger partial charge in [-0.3, -0.25) is 0 Å². The Kier molecular flexibility index (Phi) is 6.46. The number of rotatable bonds is 6. The van der Waals surface area contributed by atoms with Gasteiger partial charge in [-0.05, 0) is 73.9 Å². The maximum atomic E-state index is 12.5. The van der Waals surface area contributed by atoms with Crippen LogP contribution in [0.25, 0.3) is 11.3 Å². The van der Waals surface area contributed by atoms with Crippen molar-refractivity contribution >= 4 is 34.7 Å². The summed E-state index contributed by atoms with van der Waals surface area (Å²) in [5.74, 6) is 0. The highest BCUT2D eigenvalue weighted by atomic mass is 16.2. The Bertz CT molecular complexity index is 1620. The third kappa shape index (κ3) is 5.69. The molecule has 4 aromatic heterocycles. The van der Waals surface area contributed by atoms with Crippen LogP contribution in [0.3, 0.4) is 0 Å². The first-order valence-electron chi connectivity index (χ1n) is 11.9. The quantitative estimate of drug-likeness (QED) is 0.276. The summed E-state index contributed by atoms with van der Waals surface area (Å²) in [6.07, 6.45) is 7.65. The van der Waals surface area contributed by atoms with E-state index >= 15 is 0 Å². The van der Waals surface area contributed by atoms with E-state index in [4.69, 9.17) is 0 Å². The molecule has 0 aliphatic rings. The van der Waals surface area contributed by atoms with Gasteiger partial charge in [-0.2, -0.15) is 0 Å². The molecule has 1 aromatic carbocycles. The largest absolute Gasteiger partial charge is 0.332 e. The van der Waals surface area contributed by atoms with Gasteiger partial charge in [-0.1, -0.05) is 6.07 Å². The summed E-state index contributed by atoms with van der Waals surface area (Å²) in [7, 11) is 0. The fraction of sp³-hybridized carbons (Fsp3) is 0.185. The minimum atomic E-state index is -0.366. The number of hydrogen-bond acceptors (Lipinski definition) is 4. The Morgan fingerprint density at radius 3 is 1.84 bits per heavy atom. The molecule has 4 N–H and O–H groups in total. The maximum Gasteiger partial charge on any atom is 0.319 e. The maximum absolute atomic E-state index is 12.5. The molecule has 0 fully saturated rings. The van der Waals surface area contributed by atoms with E-state index in [0.717, 1.165) is 39.4 Å². The first kappa shape index (κ1) is 23.9. The van der Waals surface area contributed by atoms with Crippen LogP contribution >= 0.6 is 0 Å². The molecule has 10 nitrogen and oxygen atoms in total. The number of urea groups is 2. The molecular formula is C27H28N8O2. The SMILES string of the molecule is Cc1ccn2cc(CNC(=O)Nc3ccc(C)c(NC(=O)NCc4cn5ccc(C)cc5n4)c3)nc2c1. The van der Waals surface area contributed by atoms with Crippen LogP contribution in [0.1, 0.15) is 28.1 Å². The molecule has 37 heavy (non-hydrogen) atoms. The number of aromatic nitrogens is 4. The van der Waals surface area contributed by atoms with E-state index in [1.54, 1.807) is 12.1 Å². The van der Waals surface area contributed by atoms with Crippen molar-refractivity contribution < 1.29 is 9.59 Å². The standard InChI is InChI=1S/C27H28N8O2/c1-17-6-8-34-15-21(30-24(34)10-17)13-28-26(36)32-20-5-4-19(3)23(12-20)33-27(37)29-14-22-16-35-9-7-18(2)11-25(35)31-22/h4-12,15-16H,13-14H2,1-3H3,(H2,28,32,36)(H2,29,33,37). The number of amides is 4. The number of anilines is 2. The number of imidazole rings is 2. The number of benzene rings is 1. The van der Waals surface area contributed by atoms with Crippen LogP contribution in [-0.2, 0) is 13.1 Å². The normalized spacial score (nSPS) is 11.0. The van der Waals surface area contributed by atoms with Gasteiger partial charge >= 0.3 is 12.1 Å². The Morgan fingerprint density at radius 2 is 1.27 bits per heavy atom. The predicted molar refractivity (Wildman–Crippen MR) is 143 cm³/mol. The van der Waals surface area contributed by atoms with E-state index in [-0.39, 0.29) is 25.2 Å². The highest BCUT2D eigenvalue weighted by molar-refractivity contribution is 5.93. The smallest absolute Gasteiger partial charge is 0.319 e. The zero-order valence-electron chi connectivity index (χ0n) is 20.9. The lowest BCUT2D eigenvalue weighted by atomic mass is 10.2. The number of hydrogen-bond donors (Lipinski definition) is 4. The third-order valence-corrected chi connectivity index (χ3v) is 5.93. The van der Waals surface area contributed by atoms with Gasteiger partial charge in [0.2, 0.25) is 0 Å². The van der Waals surface area contributed by atoms with Crippen molar-refractivity contribution in [3.8, 4) is 0 Å². The van der Waals surface area contributed by atoms with Gasteiger partial charge < -0.3 is 30.1 Å². The zero-order valence-corrected chi connectivity index (χ0v) is 20.9. The number of carbonyl (C=O) groups is 2. The van der Waals surface area contributed by atoms with Gasteiger partial charge in [0, 0.05) is 36.2 Å². The van der Waals surface area contributed by atoms with Crippen molar-refractivity contribution in [2.24, 2.45) is 0 Å². The summed E-state index contributed by atoms with van der Waals surface area (Å²) in [5.41, 5.74) is 7.44. The van der Waals surface area contributed by atoms with E-state index in [1.165, 1.54) is 0 Å². The molecule has 0 saturated heterocycles. The molecular weight excluding hydrogens is 468 g/mol. The molecule has 4 heterocycles. The topological polar surface area (TPSA) is 117 Å². The van der Waals surface area contributed by atoms with E-state index in [2.05, 4.69) is 31.2 Å². The second-order valence-electron chi connectivity index (χ2n) is 9.05. The Morgan fingerprint density at radius 1 is 0.730 bits per heavy atom. The minimum Gasteiger partial charge on any atom is -0.332 e. The Hall–Kier alpha value is -4.86. The third-order valence-electron chi connectivity index (χ3n) is 5.93. The van der Waals surface area contributed by atoms with E-state index in [1.807, 2.05) is 84.7 Å². The fourth-order valence-electron chi connectivity index (χ4n) is 3.96. The molecule has 0 aliphatic heterocycles. The number of nitrogens with zero attached hydrogens (tertiary/aromatic N) is 4. The van der Waals surface area contributed by atoms with Crippen LogP contribution < -0.4 is 21.3 Å². The lowest BCUT2D eigenvalue weighted by molar-refractivity contribution is 0.251. The van der Waals surface area contributed by atoms with Crippen LogP contribution in [0.2, 0.25) is 0 Å². The number of nitrogens with one attached hydrogen (secondary N) is 4. The number of carbonyl (C=O) groups excluding carboxylic acids is 2. The summed E-state index contributed by atoms with van der Waals surface area (Å²) in [5, 5.41) is 11.3. The molecule has 0 atom stereocenters. The molecule has 10 heteroatoms. The first-order chi connectivity index (χ1) is 17.8. The van der Waals surface area contributed by atoms with Crippen molar-refractivity contribution in [2.45, 2.75) is 33.9 Å². The zero-order chi connectivity index (χ0) is 25.9. The van der Waals surface area contributed by atoms with Gasteiger partial charge in [0.05, 0.1) is 24.5 Å². The van der Waals surface area contributed by atoms with Gasteiger partial charge in [-0.15, -0.1) is 0 Å². The number of fused-ring (bicyclic) bond motifs is 2. The second kappa shape index (κ2) is 10.0. The highest BCUT2D eigenvalue weighted by Crippen LogP contribution is 2.20. The Balaban J connectivity index is 1.15. The average molecular weight is 497 g/mol. The van der Waals surface area contributed by atoms with Crippen LogP contribution in [0.15, 0.2) is 67.3 Å². The molecule has 0 radical (unpaired) electrons. The molecule has 4 amide bonds. The second-order valence-corrected chi connectivity index (χ2v) is 9.05. The fourth-order valence-corrected chi connectivity index (χ4v) is 3.96. The molecule has 0 aliphatic carbocycles. The van der Waals surface area contributed by atoms with E-state index < -0.39 is 0 Å². The predicted octanol–water partition coefficient (Wildman–Crippen LogP) is 4.55. The van der Waals surface area contributed by atoms with Crippen molar-refractivity contribution in [3.63, 3.8) is 0 Å². The van der Waals surface area contributed by atoms with Crippen molar-refractivity contribution in [1.29, 1.82) is 0 Å². The molecule has 5 aromatic rings. The number of aryl methyl sites for hydroxylation is 3. The minimum absolute atomic E-state index is 0.286. The molecule has 0 bridgehead atoms. The molecule has 0 spiro atoms. The summed E-state index contributed by atoms with van der Waals surface area (Å²) < 4.78 is 3.84. The van der Waals surface area contributed by atoms with Gasteiger partial charge in [0.25, 0.3) is 0 Å². The van der Waals surface area contributed by atoms with E-state index in [9.17, 15) is 9.59 Å². The molecule has 0 saturated carbocycles. The summed E-state index contributed by atoms with van der Waals surface area (Å²) in [6, 6.07) is 12.6. The van der Waals surface area contributed by atoms with E-state index in [0.29, 0.717) is 11.4 Å². The monoisotopic (exact) mass is 496 g/mol. The Labute approximate surface area is 213 Å². The van der Waals surface area contributed by atoms with Gasteiger partial charge in [-0.25, -0.2) is 19.6 Å². The first-order valence-corrected chi connectivity index (χ1v) is 11.9. The molecule has 0 unspecified atom stereocenters. The summed E-state index contributed by atoms with van der Waals surface area (Å²) >= 11 is 0. The lowest BCUT2D eigenvalue weighted by Crippen LogP contribution is -2.29.